The summed E-state index contributed by atoms with van der Waals surface area (Å²) in [5.41, 5.74) is -1.08. The van der Waals surface area contributed by atoms with E-state index < -0.39 is 16.7 Å². The lowest BCUT2D eigenvalue weighted by molar-refractivity contribution is -0.143. The summed E-state index contributed by atoms with van der Waals surface area (Å²) in [5, 5.41) is 0. The molecule has 24 heavy (non-hydrogen) atoms. The van der Waals surface area contributed by atoms with E-state index >= 15 is 0 Å². The smallest absolute Gasteiger partial charge is 0.299 e. The monoisotopic (exact) mass is 333 g/mol. The summed E-state index contributed by atoms with van der Waals surface area (Å²) in [5.74, 6) is 0.237. The third kappa shape index (κ3) is 2.52. The van der Waals surface area contributed by atoms with E-state index in [4.69, 9.17) is 0 Å². The van der Waals surface area contributed by atoms with Gasteiger partial charge in [-0.05, 0) is 31.6 Å². The third-order valence-corrected chi connectivity index (χ3v) is 5.67. The average molecular weight is 333 g/mol. The quantitative estimate of drug-likeness (QED) is 0.740. The maximum Gasteiger partial charge on any atom is 0.330 e. The van der Waals surface area contributed by atoms with E-state index in [2.05, 4.69) is 6.92 Å². The molecular formula is C17H23N3O4. The predicted molar refractivity (Wildman–Crippen MR) is 87.2 cm³/mol. The molecule has 1 saturated carbocycles. The molecule has 3 rings (SSSR count). The summed E-state index contributed by atoms with van der Waals surface area (Å²) in [7, 11) is 2.94. The van der Waals surface area contributed by atoms with Gasteiger partial charge in [0.05, 0.1) is 12.0 Å². The van der Waals surface area contributed by atoms with Gasteiger partial charge in [0.2, 0.25) is 11.8 Å². The van der Waals surface area contributed by atoms with Crippen LogP contribution in [-0.2, 0) is 30.2 Å². The molecule has 2 amide bonds. The van der Waals surface area contributed by atoms with Crippen molar-refractivity contribution in [3.8, 4) is 0 Å². The van der Waals surface area contributed by atoms with Crippen LogP contribution in [-0.4, -0.2) is 25.8 Å². The summed E-state index contributed by atoms with van der Waals surface area (Å²) >= 11 is 0. The Bertz CT molecular complexity index is 812. The number of hydrogen-bond acceptors (Lipinski definition) is 4. The topological polar surface area (TPSA) is 81.4 Å². The van der Waals surface area contributed by atoms with Crippen LogP contribution < -0.4 is 11.2 Å². The summed E-state index contributed by atoms with van der Waals surface area (Å²) in [6, 6.07) is 1.32. The van der Waals surface area contributed by atoms with Crippen LogP contribution in [0.15, 0.2) is 15.7 Å². The van der Waals surface area contributed by atoms with Crippen LogP contribution >= 0.6 is 0 Å². The van der Waals surface area contributed by atoms with Crippen LogP contribution in [0.2, 0.25) is 0 Å². The number of aromatic nitrogens is 2. The minimum Gasteiger partial charge on any atom is -0.299 e. The minimum atomic E-state index is -0.567. The van der Waals surface area contributed by atoms with Crippen molar-refractivity contribution < 1.29 is 9.59 Å². The molecule has 1 aromatic rings. The highest BCUT2D eigenvalue weighted by Crippen LogP contribution is 2.47. The molecule has 130 valence electrons. The fraction of sp³-hybridized carbons (Fsp3) is 0.647. The highest BCUT2D eigenvalue weighted by atomic mass is 16.2. The molecule has 0 radical (unpaired) electrons. The van der Waals surface area contributed by atoms with E-state index in [1.807, 2.05) is 0 Å². The molecule has 0 aromatic carbocycles. The second kappa shape index (κ2) is 5.72. The Hall–Kier alpha value is -2.18. The summed E-state index contributed by atoms with van der Waals surface area (Å²) in [4.78, 5) is 50.4. The van der Waals surface area contributed by atoms with Crippen molar-refractivity contribution in [2.45, 2.75) is 45.6 Å². The van der Waals surface area contributed by atoms with E-state index in [1.54, 1.807) is 7.05 Å². The van der Waals surface area contributed by atoms with Crippen molar-refractivity contribution in [3.63, 3.8) is 0 Å². The van der Waals surface area contributed by atoms with Crippen molar-refractivity contribution in [1.29, 1.82) is 0 Å². The molecule has 2 aliphatic rings. The SMILES string of the molecule is CC1CCC2(CC1)CC(=O)N(Cc1cc(=O)n(C)c(=O)n1C)C2=O. The lowest BCUT2D eigenvalue weighted by Gasteiger charge is -2.33. The molecule has 1 aliphatic carbocycles. The molecule has 1 spiro atoms. The lowest BCUT2D eigenvalue weighted by atomic mass is 9.70. The van der Waals surface area contributed by atoms with E-state index in [0.29, 0.717) is 11.6 Å². The summed E-state index contributed by atoms with van der Waals surface area (Å²) in [6.45, 7) is 2.15. The Labute approximate surface area is 139 Å². The molecule has 0 unspecified atom stereocenters. The van der Waals surface area contributed by atoms with Gasteiger partial charge in [0, 0.05) is 32.3 Å². The highest BCUT2D eigenvalue weighted by Gasteiger charge is 2.52. The van der Waals surface area contributed by atoms with Crippen molar-refractivity contribution in [2.75, 3.05) is 0 Å². The van der Waals surface area contributed by atoms with Crippen LogP contribution in [0.25, 0.3) is 0 Å². The largest absolute Gasteiger partial charge is 0.330 e. The van der Waals surface area contributed by atoms with Crippen molar-refractivity contribution in [3.05, 3.63) is 32.6 Å². The van der Waals surface area contributed by atoms with Crippen LogP contribution in [0.4, 0.5) is 0 Å². The zero-order valence-corrected chi connectivity index (χ0v) is 14.4. The first-order valence-electron chi connectivity index (χ1n) is 8.36. The van der Waals surface area contributed by atoms with Crippen LogP contribution in [0.1, 0.15) is 44.7 Å². The van der Waals surface area contributed by atoms with Crippen molar-refractivity contribution in [2.24, 2.45) is 25.4 Å². The molecule has 7 nitrogen and oxygen atoms in total. The van der Waals surface area contributed by atoms with E-state index in [0.717, 1.165) is 30.3 Å². The molecular weight excluding hydrogens is 310 g/mol. The number of nitrogens with zero attached hydrogens (tertiary/aromatic N) is 3. The summed E-state index contributed by atoms with van der Waals surface area (Å²) in [6.07, 6.45) is 3.64. The van der Waals surface area contributed by atoms with E-state index in [9.17, 15) is 19.2 Å². The molecule has 2 fully saturated rings. The van der Waals surface area contributed by atoms with Gasteiger partial charge in [-0.2, -0.15) is 0 Å². The van der Waals surface area contributed by atoms with E-state index in [-0.39, 0.29) is 24.8 Å². The molecule has 0 bridgehead atoms. The second-order valence-electron chi connectivity index (χ2n) is 7.30. The number of likely N-dealkylation sites (tertiary alicyclic amines) is 1. The van der Waals surface area contributed by atoms with Crippen LogP contribution in [0, 0.1) is 11.3 Å². The number of carbonyl (C=O) groups is 2. The Morgan fingerprint density at radius 3 is 2.33 bits per heavy atom. The molecule has 0 N–H and O–H groups in total. The summed E-state index contributed by atoms with van der Waals surface area (Å²) < 4.78 is 2.32. The van der Waals surface area contributed by atoms with Gasteiger partial charge in [0.15, 0.2) is 0 Å². The van der Waals surface area contributed by atoms with E-state index in [1.165, 1.54) is 22.6 Å². The maximum atomic E-state index is 12.9. The first kappa shape index (κ1) is 16.7. The van der Waals surface area contributed by atoms with Gasteiger partial charge >= 0.3 is 5.69 Å². The second-order valence-corrected chi connectivity index (χ2v) is 7.30. The molecule has 1 aliphatic heterocycles. The minimum absolute atomic E-state index is 0.0171. The zero-order chi connectivity index (χ0) is 17.6. The fourth-order valence-corrected chi connectivity index (χ4v) is 3.82. The van der Waals surface area contributed by atoms with Gasteiger partial charge in [0.1, 0.15) is 0 Å². The Morgan fingerprint density at radius 1 is 1.08 bits per heavy atom. The number of hydrogen-bond donors (Lipinski definition) is 0. The van der Waals surface area contributed by atoms with Crippen LogP contribution in [0.5, 0.6) is 0 Å². The first-order chi connectivity index (χ1) is 11.2. The first-order valence-corrected chi connectivity index (χ1v) is 8.36. The predicted octanol–water partition coefficient (Wildman–Crippen LogP) is 0.539. The van der Waals surface area contributed by atoms with Gasteiger partial charge < -0.3 is 0 Å². The maximum absolute atomic E-state index is 12.9. The Morgan fingerprint density at radius 2 is 1.71 bits per heavy atom. The van der Waals surface area contributed by atoms with Gasteiger partial charge in [0.25, 0.3) is 5.56 Å². The molecule has 0 atom stereocenters. The van der Waals surface area contributed by atoms with Crippen molar-refractivity contribution >= 4 is 11.8 Å². The normalized spacial score (nSPS) is 27.3. The number of carbonyl (C=O) groups excluding carboxylic acids is 2. The zero-order valence-electron chi connectivity index (χ0n) is 14.4. The average Bonchev–Trinajstić information content (AvgIpc) is 2.77. The van der Waals surface area contributed by atoms with Gasteiger partial charge in [-0.15, -0.1) is 0 Å². The van der Waals surface area contributed by atoms with Crippen LogP contribution in [0.3, 0.4) is 0 Å². The van der Waals surface area contributed by atoms with Crippen molar-refractivity contribution in [1.82, 2.24) is 14.0 Å². The lowest BCUT2D eigenvalue weighted by Crippen LogP contribution is -2.41. The van der Waals surface area contributed by atoms with Gasteiger partial charge in [-0.25, -0.2) is 4.79 Å². The number of imide groups is 1. The number of rotatable bonds is 2. The molecule has 1 aromatic heterocycles. The standard InChI is InChI=1S/C17H23N3O4/c1-11-4-6-17(7-5-11)9-14(22)20(15(17)23)10-12-8-13(21)19(3)16(24)18(12)2/h8,11H,4-7,9-10H2,1-3H3. The number of amides is 2. The molecule has 7 heteroatoms. The fourth-order valence-electron chi connectivity index (χ4n) is 3.82. The highest BCUT2D eigenvalue weighted by molar-refractivity contribution is 6.05. The molecule has 1 saturated heterocycles. The Balaban J connectivity index is 1.89. The third-order valence-electron chi connectivity index (χ3n) is 5.67. The molecule has 2 heterocycles. The Kier molecular flexibility index (Phi) is 3.97. The van der Waals surface area contributed by atoms with Gasteiger partial charge in [-0.1, -0.05) is 6.92 Å². The van der Waals surface area contributed by atoms with Gasteiger partial charge in [-0.3, -0.25) is 28.4 Å².